The summed E-state index contributed by atoms with van der Waals surface area (Å²) in [4.78, 5) is 12.3. The molecule has 0 saturated carbocycles. The van der Waals surface area contributed by atoms with Crippen molar-refractivity contribution >= 4 is 5.91 Å². The number of methoxy groups -OCH3 is 1. The van der Waals surface area contributed by atoms with Crippen LogP contribution in [0.3, 0.4) is 0 Å². The van der Waals surface area contributed by atoms with Gasteiger partial charge in [-0.3, -0.25) is 4.79 Å². The molecule has 0 aliphatic carbocycles. The van der Waals surface area contributed by atoms with Crippen LogP contribution in [0, 0.1) is 13.8 Å². The Morgan fingerprint density at radius 1 is 1.12 bits per heavy atom. The number of benzene rings is 2. The van der Waals surface area contributed by atoms with Crippen molar-refractivity contribution in [3.8, 4) is 5.75 Å². The zero-order valence-electron chi connectivity index (χ0n) is 15.1. The van der Waals surface area contributed by atoms with Crippen LogP contribution in [-0.2, 0) is 11.2 Å². The third-order valence-corrected chi connectivity index (χ3v) is 4.34. The third kappa shape index (κ3) is 4.85. The quantitative estimate of drug-likeness (QED) is 0.813. The number of rotatable bonds is 7. The van der Waals surface area contributed by atoms with Gasteiger partial charge in [0, 0.05) is 6.42 Å². The normalized spacial score (nSPS) is 11.8. The van der Waals surface area contributed by atoms with Crippen LogP contribution in [0.4, 0.5) is 0 Å². The van der Waals surface area contributed by atoms with Crippen molar-refractivity contribution < 1.29 is 9.53 Å². The second-order valence-electron chi connectivity index (χ2n) is 6.24. The fourth-order valence-corrected chi connectivity index (χ4v) is 2.93. The van der Waals surface area contributed by atoms with E-state index in [1.807, 2.05) is 24.3 Å². The molecule has 1 N–H and O–H groups in total. The highest BCUT2D eigenvalue weighted by atomic mass is 16.5. The van der Waals surface area contributed by atoms with Crippen molar-refractivity contribution in [2.24, 2.45) is 0 Å². The summed E-state index contributed by atoms with van der Waals surface area (Å²) >= 11 is 0. The number of nitrogens with one attached hydrogen (secondary N) is 1. The second kappa shape index (κ2) is 8.53. The van der Waals surface area contributed by atoms with Gasteiger partial charge in [-0.25, -0.2) is 0 Å². The molecule has 2 aromatic rings. The molecule has 0 saturated heterocycles. The van der Waals surface area contributed by atoms with Crippen LogP contribution in [0.25, 0.3) is 0 Å². The number of aryl methyl sites for hydroxylation is 3. The predicted molar refractivity (Wildman–Crippen MR) is 98.4 cm³/mol. The molecule has 1 amide bonds. The summed E-state index contributed by atoms with van der Waals surface area (Å²) in [6.45, 7) is 6.30. The first-order valence-corrected chi connectivity index (χ1v) is 8.53. The van der Waals surface area contributed by atoms with Crippen LogP contribution in [0.1, 0.15) is 48.1 Å². The van der Waals surface area contributed by atoms with Gasteiger partial charge in [-0.05, 0) is 55.5 Å². The lowest BCUT2D eigenvalue weighted by molar-refractivity contribution is -0.121. The fourth-order valence-electron chi connectivity index (χ4n) is 2.93. The van der Waals surface area contributed by atoms with Gasteiger partial charge < -0.3 is 10.1 Å². The summed E-state index contributed by atoms with van der Waals surface area (Å²) in [6.07, 6.45) is 2.12. The SMILES string of the molecule is CC[C@H](NC(=O)CCc1ccc(OC)cc1)c1ccc(C)cc1C. The summed E-state index contributed by atoms with van der Waals surface area (Å²) in [5, 5.41) is 3.17. The molecule has 2 aromatic carbocycles. The first kappa shape index (κ1) is 18.1. The fraction of sp³-hybridized carbons (Fsp3) is 0.381. The summed E-state index contributed by atoms with van der Waals surface area (Å²) < 4.78 is 5.15. The molecule has 0 bridgehead atoms. The summed E-state index contributed by atoms with van der Waals surface area (Å²) in [5.41, 5.74) is 4.83. The van der Waals surface area contributed by atoms with Gasteiger partial charge >= 0.3 is 0 Å². The average molecular weight is 325 g/mol. The van der Waals surface area contributed by atoms with Crippen molar-refractivity contribution in [2.75, 3.05) is 7.11 Å². The highest BCUT2D eigenvalue weighted by molar-refractivity contribution is 5.76. The van der Waals surface area contributed by atoms with Crippen molar-refractivity contribution in [2.45, 2.75) is 46.1 Å². The number of carbonyl (C=O) groups excluding carboxylic acids is 1. The van der Waals surface area contributed by atoms with Crippen molar-refractivity contribution in [3.63, 3.8) is 0 Å². The van der Waals surface area contributed by atoms with E-state index in [1.165, 1.54) is 16.7 Å². The largest absolute Gasteiger partial charge is 0.497 e. The summed E-state index contributed by atoms with van der Waals surface area (Å²) in [5.74, 6) is 0.932. The van der Waals surface area contributed by atoms with Gasteiger partial charge in [-0.15, -0.1) is 0 Å². The summed E-state index contributed by atoms with van der Waals surface area (Å²) in [7, 11) is 1.65. The molecule has 2 rings (SSSR count). The first-order chi connectivity index (χ1) is 11.5. The molecule has 0 heterocycles. The highest BCUT2D eigenvalue weighted by Gasteiger charge is 2.14. The maximum Gasteiger partial charge on any atom is 0.220 e. The van der Waals surface area contributed by atoms with Crippen molar-refractivity contribution in [3.05, 3.63) is 64.7 Å². The van der Waals surface area contributed by atoms with E-state index in [0.29, 0.717) is 6.42 Å². The third-order valence-electron chi connectivity index (χ3n) is 4.34. The molecule has 1 atom stereocenters. The zero-order chi connectivity index (χ0) is 17.5. The van der Waals surface area contributed by atoms with Gasteiger partial charge in [0.1, 0.15) is 5.75 Å². The van der Waals surface area contributed by atoms with E-state index in [1.54, 1.807) is 7.11 Å². The van der Waals surface area contributed by atoms with Crippen LogP contribution in [0.2, 0.25) is 0 Å². The van der Waals surface area contributed by atoms with Gasteiger partial charge in [0.2, 0.25) is 5.91 Å². The Kier molecular flexibility index (Phi) is 6.42. The molecular weight excluding hydrogens is 298 g/mol. The van der Waals surface area contributed by atoms with Crippen LogP contribution in [0.15, 0.2) is 42.5 Å². The lowest BCUT2D eigenvalue weighted by Gasteiger charge is -2.20. The lowest BCUT2D eigenvalue weighted by atomic mass is 9.97. The Morgan fingerprint density at radius 3 is 2.42 bits per heavy atom. The lowest BCUT2D eigenvalue weighted by Crippen LogP contribution is -2.28. The van der Waals surface area contributed by atoms with Crippen molar-refractivity contribution in [1.82, 2.24) is 5.32 Å². The van der Waals surface area contributed by atoms with E-state index >= 15 is 0 Å². The molecule has 0 aromatic heterocycles. The van der Waals surface area contributed by atoms with E-state index in [4.69, 9.17) is 4.74 Å². The maximum absolute atomic E-state index is 12.3. The molecule has 0 aliphatic rings. The minimum absolute atomic E-state index is 0.0777. The zero-order valence-corrected chi connectivity index (χ0v) is 15.1. The molecule has 3 nitrogen and oxygen atoms in total. The monoisotopic (exact) mass is 325 g/mol. The minimum Gasteiger partial charge on any atom is -0.497 e. The number of ether oxygens (including phenoxy) is 1. The van der Waals surface area contributed by atoms with E-state index in [0.717, 1.165) is 24.2 Å². The van der Waals surface area contributed by atoms with Gasteiger partial charge in [-0.2, -0.15) is 0 Å². The number of hydrogen-bond acceptors (Lipinski definition) is 2. The van der Waals surface area contributed by atoms with Crippen LogP contribution >= 0.6 is 0 Å². The van der Waals surface area contributed by atoms with Crippen molar-refractivity contribution in [1.29, 1.82) is 0 Å². The number of carbonyl (C=O) groups is 1. The van der Waals surface area contributed by atoms with Crippen LogP contribution in [0.5, 0.6) is 5.75 Å². The second-order valence-corrected chi connectivity index (χ2v) is 6.24. The van der Waals surface area contributed by atoms with Gasteiger partial charge in [-0.1, -0.05) is 42.8 Å². The van der Waals surface area contributed by atoms with Gasteiger partial charge in [0.05, 0.1) is 13.2 Å². The summed E-state index contributed by atoms with van der Waals surface area (Å²) in [6, 6.07) is 14.4. The Bertz CT molecular complexity index is 677. The smallest absolute Gasteiger partial charge is 0.220 e. The molecule has 0 unspecified atom stereocenters. The molecule has 0 aliphatic heterocycles. The molecule has 128 valence electrons. The number of hydrogen-bond donors (Lipinski definition) is 1. The molecule has 0 spiro atoms. The molecular formula is C21H27NO2. The number of amides is 1. The maximum atomic E-state index is 12.3. The van der Waals surface area contributed by atoms with E-state index in [9.17, 15) is 4.79 Å². The Morgan fingerprint density at radius 2 is 1.83 bits per heavy atom. The molecule has 0 radical (unpaired) electrons. The Labute approximate surface area is 145 Å². The van der Waals surface area contributed by atoms with Gasteiger partial charge in [0.25, 0.3) is 0 Å². The first-order valence-electron chi connectivity index (χ1n) is 8.53. The van der Waals surface area contributed by atoms with E-state index in [2.05, 4.69) is 44.3 Å². The topological polar surface area (TPSA) is 38.3 Å². The highest BCUT2D eigenvalue weighted by Crippen LogP contribution is 2.22. The molecule has 0 fully saturated rings. The van der Waals surface area contributed by atoms with E-state index in [-0.39, 0.29) is 11.9 Å². The standard InChI is InChI=1S/C21H27NO2/c1-5-20(19-12-6-15(2)14-16(19)3)22-21(23)13-9-17-7-10-18(24-4)11-8-17/h6-8,10-12,14,20H,5,9,13H2,1-4H3,(H,22,23)/t20-/m0/s1. The van der Waals surface area contributed by atoms with Crippen LogP contribution < -0.4 is 10.1 Å². The molecule has 3 heteroatoms. The average Bonchev–Trinajstić information content (AvgIpc) is 2.59. The van der Waals surface area contributed by atoms with Crippen LogP contribution in [-0.4, -0.2) is 13.0 Å². The molecule has 24 heavy (non-hydrogen) atoms. The Balaban J connectivity index is 1.93. The van der Waals surface area contributed by atoms with Gasteiger partial charge in [0.15, 0.2) is 0 Å². The Hall–Kier alpha value is -2.29. The van der Waals surface area contributed by atoms with E-state index < -0.39 is 0 Å². The minimum atomic E-state index is 0.0777. The predicted octanol–water partition coefficient (Wildman–Crippen LogP) is 4.51.